The molecule has 2 N–H and O–H groups in total. The number of nitrogens with one attached hydrogen (secondary N) is 2. The average Bonchev–Trinajstić information content (AvgIpc) is 3.36. The second kappa shape index (κ2) is 6.37. The number of halogens is 1. The second-order valence-corrected chi connectivity index (χ2v) is 6.08. The van der Waals surface area contributed by atoms with Crippen molar-refractivity contribution < 1.29 is 13.6 Å². The highest BCUT2D eigenvalue weighted by atomic mass is 32.1. The van der Waals surface area contributed by atoms with Crippen molar-refractivity contribution in [3.05, 3.63) is 71.7 Å². The lowest BCUT2D eigenvalue weighted by atomic mass is 10.1. The lowest BCUT2D eigenvalue weighted by molar-refractivity contribution is 0.0997. The summed E-state index contributed by atoms with van der Waals surface area (Å²) >= 11 is 1.31. The number of anilines is 1. The first-order valence-electron chi connectivity index (χ1n) is 7.46. The minimum atomic E-state index is -0.435. The van der Waals surface area contributed by atoms with Gasteiger partial charge in [0.2, 0.25) is 0 Å². The molecule has 0 saturated carbocycles. The van der Waals surface area contributed by atoms with E-state index in [1.807, 2.05) is 17.5 Å². The Hall–Kier alpha value is -3.19. The molecule has 0 unspecified atom stereocenters. The molecule has 3 aromatic heterocycles. The van der Waals surface area contributed by atoms with Crippen LogP contribution < -0.4 is 5.32 Å². The van der Waals surface area contributed by atoms with Crippen LogP contribution in [-0.4, -0.2) is 15.9 Å². The number of hydrogen-bond donors (Lipinski definition) is 2. The summed E-state index contributed by atoms with van der Waals surface area (Å²) in [7, 11) is 0. The molecule has 4 aromatic rings. The molecule has 1 amide bonds. The Morgan fingerprint density at radius 1 is 1.16 bits per heavy atom. The minimum Gasteiger partial charge on any atom is -0.451 e. The molecule has 4 rings (SSSR count). The quantitative estimate of drug-likeness (QED) is 0.554. The van der Waals surface area contributed by atoms with Gasteiger partial charge in [0.25, 0.3) is 5.91 Å². The van der Waals surface area contributed by atoms with E-state index in [0.717, 1.165) is 11.4 Å². The van der Waals surface area contributed by atoms with Crippen LogP contribution in [0.5, 0.6) is 0 Å². The summed E-state index contributed by atoms with van der Waals surface area (Å²) < 4.78 is 19.3. The molecule has 0 radical (unpaired) electrons. The van der Waals surface area contributed by atoms with Gasteiger partial charge in [-0.15, -0.1) is 11.3 Å². The van der Waals surface area contributed by atoms with Crippen molar-refractivity contribution in [1.29, 1.82) is 0 Å². The topological polar surface area (TPSA) is 70.9 Å². The smallest absolute Gasteiger partial charge is 0.293 e. The van der Waals surface area contributed by atoms with Crippen molar-refractivity contribution in [2.24, 2.45) is 0 Å². The van der Waals surface area contributed by atoms with E-state index in [-0.39, 0.29) is 5.76 Å². The number of hydrogen-bond acceptors (Lipinski definition) is 4. The average molecular weight is 353 g/mol. The zero-order valence-corrected chi connectivity index (χ0v) is 13.6. The van der Waals surface area contributed by atoms with E-state index in [2.05, 4.69) is 15.3 Å². The van der Waals surface area contributed by atoms with E-state index in [1.165, 1.54) is 23.5 Å². The molecule has 0 aliphatic rings. The summed E-state index contributed by atoms with van der Waals surface area (Å²) in [6, 6.07) is 13.1. The van der Waals surface area contributed by atoms with Gasteiger partial charge in [0.1, 0.15) is 11.6 Å². The largest absolute Gasteiger partial charge is 0.451 e. The van der Waals surface area contributed by atoms with Crippen LogP contribution in [-0.2, 0) is 0 Å². The predicted molar refractivity (Wildman–Crippen MR) is 94.0 cm³/mol. The maximum atomic E-state index is 13.8. The Balaban J connectivity index is 1.52. The van der Waals surface area contributed by atoms with Crippen molar-refractivity contribution in [2.45, 2.75) is 0 Å². The van der Waals surface area contributed by atoms with E-state index in [9.17, 15) is 9.18 Å². The SMILES string of the molecule is O=C(Nc1nc(-c2ccc[nH]2)cs1)c1ccc(-c2ccccc2F)o1. The summed E-state index contributed by atoms with van der Waals surface area (Å²) in [5.41, 5.74) is 1.93. The molecule has 7 heteroatoms. The van der Waals surface area contributed by atoms with Crippen LogP contribution in [0, 0.1) is 5.82 Å². The number of furan rings is 1. The third kappa shape index (κ3) is 3.09. The fourth-order valence-electron chi connectivity index (χ4n) is 2.37. The molecule has 0 spiro atoms. The lowest BCUT2D eigenvalue weighted by Gasteiger charge is -2.00. The highest BCUT2D eigenvalue weighted by Crippen LogP contribution is 2.27. The number of thiazole rings is 1. The normalized spacial score (nSPS) is 10.8. The molecule has 0 saturated heterocycles. The van der Waals surface area contributed by atoms with Gasteiger partial charge in [-0.2, -0.15) is 0 Å². The van der Waals surface area contributed by atoms with Crippen LogP contribution >= 0.6 is 11.3 Å². The van der Waals surface area contributed by atoms with Gasteiger partial charge in [-0.25, -0.2) is 9.37 Å². The van der Waals surface area contributed by atoms with Crippen molar-refractivity contribution in [2.75, 3.05) is 5.32 Å². The number of rotatable bonds is 4. The van der Waals surface area contributed by atoms with Crippen LogP contribution in [0.1, 0.15) is 10.6 Å². The van der Waals surface area contributed by atoms with E-state index in [1.54, 1.807) is 30.5 Å². The summed E-state index contributed by atoms with van der Waals surface area (Å²) in [4.78, 5) is 19.7. The Bertz CT molecular complexity index is 1020. The number of benzene rings is 1. The van der Waals surface area contributed by atoms with E-state index in [0.29, 0.717) is 16.5 Å². The van der Waals surface area contributed by atoms with Crippen LogP contribution in [0.4, 0.5) is 9.52 Å². The van der Waals surface area contributed by atoms with Gasteiger partial charge >= 0.3 is 0 Å². The number of H-pyrrole nitrogens is 1. The lowest BCUT2D eigenvalue weighted by Crippen LogP contribution is -2.10. The van der Waals surface area contributed by atoms with Gasteiger partial charge in [0.15, 0.2) is 10.9 Å². The molecule has 0 bridgehead atoms. The van der Waals surface area contributed by atoms with E-state index < -0.39 is 11.7 Å². The van der Waals surface area contributed by atoms with Crippen molar-refractivity contribution in [3.63, 3.8) is 0 Å². The van der Waals surface area contributed by atoms with E-state index in [4.69, 9.17) is 4.42 Å². The Morgan fingerprint density at radius 2 is 2.04 bits per heavy atom. The maximum absolute atomic E-state index is 13.8. The summed E-state index contributed by atoms with van der Waals surface area (Å²) in [6.45, 7) is 0. The predicted octanol–water partition coefficient (Wildman–Crippen LogP) is 4.79. The first-order chi connectivity index (χ1) is 12.2. The zero-order chi connectivity index (χ0) is 17.2. The molecule has 0 aliphatic carbocycles. The van der Waals surface area contributed by atoms with Crippen LogP contribution in [0.2, 0.25) is 0 Å². The highest BCUT2D eigenvalue weighted by molar-refractivity contribution is 7.14. The third-order valence-electron chi connectivity index (χ3n) is 3.57. The molecule has 0 aliphatic heterocycles. The number of carbonyl (C=O) groups excluding carboxylic acids is 1. The highest BCUT2D eigenvalue weighted by Gasteiger charge is 2.16. The summed E-state index contributed by atoms with van der Waals surface area (Å²) in [6.07, 6.45) is 1.81. The summed E-state index contributed by atoms with van der Waals surface area (Å²) in [5.74, 6) is -0.446. The summed E-state index contributed by atoms with van der Waals surface area (Å²) in [5, 5.41) is 4.99. The van der Waals surface area contributed by atoms with Gasteiger partial charge in [-0.1, -0.05) is 12.1 Å². The van der Waals surface area contributed by atoms with Gasteiger partial charge < -0.3 is 9.40 Å². The third-order valence-corrected chi connectivity index (χ3v) is 4.33. The molecule has 25 heavy (non-hydrogen) atoms. The molecule has 0 atom stereocenters. The van der Waals surface area contributed by atoms with Crippen molar-refractivity contribution in [1.82, 2.24) is 9.97 Å². The molecular formula is C18H12FN3O2S. The maximum Gasteiger partial charge on any atom is 0.293 e. The van der Waals surface area contributed by atoms with Gasteiger partial charge in [0, 0.05) is 11.6 Å². The fourth-order valence-corrected chi connectivity index (χ4v) is 3.07. The van der Waals surface area contributed by atoms with E-state index >= 15 is 0 Å². The molecule has 124 valence electrons. The fraction of sp³-hybridized carbons (Fsp3) is 0. The molecule has 5 nitrogen and oxygen atoms in total. The van der Waals surface area contributed by atoms with Crippen molar-refractivity contribution >= 4 is 22.4 Å². The van der Waals surface area contributed by atoms with Gasteiger partial charge in [0.05, 0.1) is 17.0 Å². The molecule has 0 fully saturated rings. The number of nitrogens with zero attached hydrogens (tertiary/aromatic N) is 1. The van der Waals surface area contributed by atoms with Gasteiger partial charge in [-0.05, 0) is 36.4 Å². The number of aromatic nitrogens is 2. The number of aromatic amines is 1. The number of carbonyl (C=O) groups is 1. The van der Waals surface area contributed by atoms with Crippen LogP contribution in [0.15, 0.2) is 64.5 Å². The van der Waals surface area contributed by atoms with Crippen LogP contribution in [0.3, 0.4) is 0 Å². The monoisotopic (exact) mass is 353 g/mol. The second-order valence-electron chi connectivity index (χ2n) is 5.22. The molecular weight excluding hydrogens is 341 g/mol. The van der Waals surface area contributed by atoms with Crippen molar-refractivity contribution in [3.8, 4) is 22.7 Å². The number of amides is 1. The molecule has 1 aromatic carbocycles. The zero-order valence-electron chi connectivity index (χ0n) is 12.8. The standard InChI is InChI=1S/C18H12FN3O2S/c19-12-5-2-1-4-11(12)15-7-8-16(24-15)17(23)22-18-21-14(10-25-18)13-6-3-9-20-13/h1-10,20H,(H,21,22,23). The van der Waals surface area contributed by atoms with Gasteiger partial charge in [-0.3, -0.25) is 10.1 Å². The first-order valence-corrected chi connectivity index (χ1v) is 8.34. The Labute approximate surface area is 146 Å². The molecule has 3 heterocycles. The first kappa shape index (κ1) is 15.3. The minimum absolute atomic E-state index is 0.0925. The Kier molecular flexibility index (Phi) is 3.91. The Morgan fingerprint density at radius 3 is 2.84 bits per heavy atom. The van der Waals surface area contributed by atoms with Crippen LogP contribution in [0.25, 0.3) is 22.7 Å².